The smallest absolute Gasteiger partial charge is 0.257 e. The van der Waals surface area contributed by atoms with Crippen LogP contribution in [0.1, 0.15) is 42.2 Å². The second-order valence-electron chi connectivity index (χ2n) is 7.45. The van der Waals surface area contributed by atoms with Gasteiger partial charge in [0.05, 0.1) is 35.9 Å². The zero-order valence-electron chi connectivity index (χ0n) is 16.5. The van der Waals surface area contributed by atoms with Gasteiger partial charge in [-0.1, -0.05) is 13.8 Å². The van der Waals surface area contributed by atoms with Gasteiger partial charge in [-0.2, -0.15) is 5.10 Å². The monoisotopic (exact) mass is 394 g/mol. The second kappa shape index (κ2) is 8.03. The summed E-state index contributed by atoms with van der Waals surface area (Å²) < 4.78 is 20.9. The van der Waals surface area contributed by atoms with E-state index in [9.17, 15) is 9.18 Å². The minimum Gasteiger partial charge on any atom is -0.487 e. The molecule has 1 aliphatic heterocycles. The summed E-state index contributed by atoms with van der Waals surface area (Å²) in [5, 5.41) is 4.42. The number of pyridine rings is 1. The Morgan fingerprint density at radius 3 is 2.69 bits per heavy atom. The van der Waals surface area contributed by atoms with Crippen LogP contribution >= 0.6 is 0 Å². The highest BCUT2D eigenvalue weighted by atomic mass is 19.1. The first-order chi connectivity index (χ1) is 14.0. The van der Waals surface area contributed by atoms with Gasteiger partial charge in [0.15, 0.2) is 0 Å². The molecule has 0 bridgehead atoms. The van der Waals surface area contributed by atoms with E-state index in [1.807, 2.05) is 26.0 Å². The summed E-state index contributed by atoms with van der Waals surface area (Å²) in [4.78, 5) is 19.1. The Hall–Kier alpha value is -3.22. The predicted octanol–water partition coefficient (Wildman–Crippen LogP) is 3.82. The van der Waals surface area contributed by atoms with Crippen molar-refractivity contribution in [3.05, 3.63) is 72.1 Å². The van der Waals surface area contributed by atoms with Crippen LogP contribution in [0.5, 0.6) is 5.75 Å². The van der Waals surface area contributed by atoms with Crippen molar-refractivity contribution in [1.29, 1.82) is 0 Å². The third kappa shape index (κ3) is 3.99. The van der Waals surface area contributed by atoms with Crippen molar-refractivity contribution in [3.8, 4) is 11.4 Å². The predicted molar refractivity (Wildman–Crippen MR) is 107 cm³/mol. The van der Waals surface area contributed by atoms with Gasteiger partial charge in [0.2, 0.25) is 0 Å². The summed E-state index contributed by atoms with van der Waals surface area (Å²) in [5.41, 5.74) is 2.12. The van der Waals surface area contributed by atoms with Gasteiger partial charge in [0, 0.05) is 19.2 Å². The standard InChI is InChI=1S/C22H23FN4O2/c1-15(2)21-20(13-25-27(21)17-7-5-16(23)6-8-17)22(28)26-11-9-19(14-26)29-18-4-3-10-24-12-18/h3-8,10,12-13,15,19H,9,11,14H2,1-2H3. The molecular formula is C22H23FN4O2. The van der Waals surface area contributed by atoms with Gasteiger partial charge in [-0.3, -0.25) is 9.78 Å². The summed E-state index contributed by atoms with van der Waals surface area (Å²) in [7, 11) is 0. The van der Waals surface area contributed by atoms with Gasteiger partial charge in [0.1, 0.15) is 17.7 Å². The van der Waals surface area contributed by atoms with Crippen LogP contribution in [0.4, 0.5) is 4.39 Å². The summed E-state index contributed by atoms with van der Waals surface area (Å²) in [5.74, 6) is 0.421. The largest absolute Gasteiger partial charge is 0.487 e. The molecule has 1 saturated heterocycles. The summed E-state index contributed by atoms with van der Waals surface area (Å²) in [6.45, 7) is 5.19. The van der Waals surface area contributed by atoms with E-state index in [2.05, 4.69) is 10.1 Å². The highest BCUT2D eigenvalue weighted by Crippen LogP contribution is 2.26. The molecule has 1 atom stereocenters. The van der Waals surface area contributed by atoms with Gasteiger partial charge in [-0.25, -0.2) is 9.07 Å². The molecule has 0 aliphatic carbocycles. The summed E-state index contributed by atoms with van der Waals surface area (Å²) >= 11 is 0. The molecule has 150 valence electrons. The lowest BCUT2D eigenvalue weighted by molar-refractivity contribution is 0.0770. The number of nitrogens with zero attached hydrogens (tertiary/aromatic N) is 4. The molecule has 29 heavy (non-hydrogen) atoms. The van der Waals surface area contributed by atoms with Crippen LogP contribution in [-0.4, -0.2) is 44.8 Å². The Bertz CT molecular complexity index is 986. The molecule has 0 N–H and O–H groups in total. The number of rotatable bonds is 5. The normalized spacial score (nSPS) is 16.4. The highest BCUT2D eigenvalue weighted by molar-refractivity contribution is 5.95. The van der Waals surface area contributed by atoms with E-state index >= 15 is 0 Å². The average molecular weight is 394 g/mol. The fourth-order valence-corrected chi connectivity index (χ4v) is 3.65. The molecule has 1 fully saturated rings. The Balaban J connectivity index is 1.54. The molecular weight excluding hydrogens is 371 g/mol. The van der Waals surface area contributed by atoms with Crippen molar-refractivity contribution < 1.29 is 13.9 Å². The number of ether oxygens (including phenoxy) is 1. The van der Waals surface area contributed by atoms with Crippen LogP contribution in [0, 0.1) is 5.82 Å². The Labute approximate surface area is 168 Å². The summed E-state index contributed by atoms with van der Waals surface area (Å²) in [6.07, 6.45) is 5.69. The molecule has 1 aromatic carbocycles. The van der Waals surface area contributed by atoms with Crippen molar-refractivity contribution in [3.63, 3.8) is 0 Å². The molecule has 1 amide bonds. The van der Waals surface area contributed by atoms with Crippen LogP contribution in [0.3, 0.4) is 0 Å². The molecule has 0 saturated carbocycles. The molecule has 3 aromatic rings. The first kappa shape index (κ1) is 19.1. The SMILES string of the molecule is CC(C)c1c(C(=O)N2CCC(Oc3cccnc3)C2)cnn1-c1ccc(F)cc1. The molecule has 0 spiro atoms. The maximum absolute atomic E-state index is 13.3. The van der Waals surface area contributed by atoms with Gasteiger partial charge in [-0.15, -0.1) is 0 Å². The highest BCUT2D eigenvalue weighted by Gasteiger charge is 2.31. The molecule has 1 unspecified atom stereocenters. The number of hydrogen-bond acceptors (Lipinski definition) is 4. The summed E-state index contributed by atoms with van der Waals surface area (Å²) in [6, 6.07) is 9.80. The molecule has 6 nitrogen and oxygen atoms in total. The maximum Gasteiger partial charge on any atom is 0.257 e. The number of amides is 1. The third-order valence-electron chi connectivity index (χ3n) is 5.02. The van der Waals surface area contributed by atoms with Crippen molar-refractivity contribution in [2.45, 2.75) is 32.3 Å². The first-order valence-electron chi connectivity index (χ1n) is 9.72. The minimum atomic E-state index is -0.306. The van der Waals surface area contributed by atoms with Crippen molar-refractivity contribution in [1.82, 2.24) is 19.7 Å². The van der Waals surface area contributed by atoms with Crippen LogP contribution in [0.15, 0.2) is 55.0 Å². The van der Waals surface area contributed by atoms with Crippen LogP contribution in [0.2, 0.25) is 0 Å². The van der Waals surface area contributed by atoms with Crippen molar-refractivity contribution in [2.75, 3.05) is 13.1 Å². The molecule has 0 radical (unpaired) electrons. The van der Waals surface area contributed by atoms with E-state index in [1.165, 1.54) is 12.1 Å². The van der Waals surface area contributed by atoms with Gasteiger partial charge in [0.25, 0.3) is 5.91 Å². The first-order valence-corrected chi connectivity index (χ1v) is 9.72. The van der Waals surface area contributed by atoms with Crippen LogP contribution < -0.4 is 4.74 Å². The number of carbonyl (C=O) groups is 1. The zero-order valence-corrected chi connectivity index (χ0v) is 16.5. The number of halogens is 1. The van der Waals surface area contributed by atoms with E-state index in [-0.39, 0.29) is 23.7 Å². The van der Waals surface area contributed by atoms with Crippen molar-refractivity contribution >= 4 is 5.91 Å². The van der Waals surface area contributed by atoms with E-state index in [1.54, 1.807) is 40.3 Å². The fourth-order valence-electron chi connectivity index (χ4n) is 3.65. The lowest BCUT2D eigenvalue weighted by atomic mass is 10.0. The van der Waals surface area contributed by atoms with Crippen LogP contribution in [-0.2, 0) is 0 Å². The fraction of sp³-hybridized carbons (Fsp3) is 0.318. The number of aromatic nitrogens is 3. The molecule has 1 aliphatic rings. The maximum atomic E-state index is 13.3. The topological polar surface area (TPSA) is 60.3 Å². The lowest BCUT2D eigenvalue weighted by Crippen LogP contribution is -2.31. The van der Waals surface area contributed by atoms with Crippen molar-refractivity contribution in [2.24, 2.45) is 0 Å². The Morgan fingerprint density at radius 2 is 2.00 bits per heavy atom. The van der Waals surface area contributed by atoms with E-state index in [0.29, 0.717) is 24.4 Å². The average Bonchev–Trinajstić information content (AvgIpc) is 3.36. The number of likely N-dealkylation sites (tertiary alicyclic amines) is 1. The number of hydrogen-bond donors (Lipinski definition) is 0. The zero-order chi connectivity index (χ0) is 20.4. The molecule has 3 heterocycles. The molecule has 7 heteroatoms. The third-order valence-corrected chi connectivity index (χ3v) is 5.02. The molecule has 2 aromatic heterocycles. The van der Waals surface area contributed by atoms with Gasteiger partial charge in [-0.05, 0) is 42.3 Å². The Morgan fingerprint density at radius 1 is 1.21 bits per heavy atom. The minimum absolute atomic E-state index is 0.0562. The molecule has 4 rings (SSSR count). The quantitative estimate of drug-likeness (QED) is 0.660. The van der Waals surface area contributed by atoms with Crippen LogP contribution in [0.25, 0.3) is 5.69 Å². The lowest BCUT2D eigenvalue weighted by Gasteiger charge is -2.19. The van der Waals surface area contributed by atoms with Gasteiger partial charge < -0.3 is 9.64 Å². The van der Waals surface area contributed by atoms with E-state index in [4.69, 9.17) is 4.74 Å². The van der Waals surface area contributed by atoms with Gasteiger partial charge >= 0.3 is 0 Å². The number of carbonyl (C=O) groups excluding carboxylic acids is 1. The van der Waals surface area contributed by atoms with E-state index in [0.717, 1.165) is 17.8 Å². The number of benzene rings is 1. The van der Waals surface area contributed by atoms with E-state index < -0.39 is 0 Å². The second-order valence-corrected chi connectivity index (χ2v) is 7.45. The Kier molecular flexibility index (Phi) is 5.29.